The highest BCUT2D eigenvalue weighted by molar-refractivity contribution is 7.98. The number of thioether (sulfide) groups is 1. The Bertz CT molecular complexity index is 1230. The Morgan fingerprint density at radius 2 is 1.86 bits per heavy atom. The Kier molecular flexibility index (Phi) is 6.02. The molecule has 1 N–H and O–H groups in total. The summed E-state index contributed by atoms with van der Waals surface area (Å²) in [5.41, 5.74) is 4.14. The molecule has 7 heteroatoms. The molecule has 0 aliphatic carbocycles. The summed E-state index contributed by atoms with van der Waals surface area (Å²) < 4.78 is 0. The van der Waals surface area contributed by atoms with Gasteiger partial charge in [-0.3, -0.25) is 4.79 Å². The molecule has 0 radical (unpaired) electrons. The average Bonchev–Trinajstić information content (AvgIpc) is 3.13. The van der Waals surface area contributed by atoms with Crippen molar-refractivity contribution < 1.29 is 0 Å². The SMILES string of the molecule is CC(C)c1ccc(-c2csc3nc(SCc4ccc(Cl)c(Cl)c4)[nH]c(=O)c23)cc1. The number of halogens is 2. The molecule has 2 aromatic carbocycles. The maximum Gasteiger partial charge on any atom is 0.260 e. The van der Waals surface area contributed by atoms with Crippen LogP contribution in [0.2, 0.25) is 10.0 Å². The van der Waals surface area contributed by atoms with Crippen LogP contribution in [-0.2, 0) is 5.75 Å². The molecule has 0 saturated heterocycles. The summed E-state index contributed by atoms with van der Waals surface area (Å²) in [5, 5.41) is 4.29. The summed E-state index contributed by atoms with van der Waals surface area (Å²) in [6.07, 6.45) is 0. The van der Waals surface area contributed by atoms with Crippen LogP contribution in [0.3, 0.4) is 0 Å². The van der Waals surface area contributed by atoms with Crippen LogP contribution in [0.4, 0.5) is 0 Å². The van der Waals surface area contributed by atoms with Gasteiger partial charge in [0.25, 0.3) is 5.56 Å². The molecule has 2 aromatic heterocycles. The Balaban J connectivity index is 1.61. The maximum absolute atomic E-state index is 12.8. The van der Waals surface area contributed by atoms with Crippen molar-refractivity contribution in [2.45, 2.75) is 30.7 Å². The number of H-pyrrole nitrogens is 1. The van der Waals surface area contributed by atoms with Gasteiger partial charge >= 0.3 is 0 Å². The van der Waals surface area contributed by atoms with Gasteiger partial charge in [-0.15, -0.1) is 11.3 Å². The van der Waals surface area contributed by atoms with E-state index >= 15 is 0 Å². The number of benzene rings is 2. The zero-order valence-corrected chi connectivity index (χ0v) is 19.0. The van der Waals surface area contributed by atoms with Crippen LogP contribution < -0.4 is 5.56 Å². The lowest BCUT2D eigenvalue weighted by Crippen LogP contribution is -2.08. The van der Waals surface area contributed by atoms with Crippen LogP contribution in [0.1, 0.15) is 30.9 Å². The maximum atomic E-state index is 12.8. The molecule has 0 atom stereocenters. The second kappa shape index (κ2) is 8.52. The first-order valence-electron chi connectivity index (χ1n) is 9.11. The summed E-state index contributed by atoms with van der Waals surface area (Å²) in [4.78, 5) is 21.1. The fourth-order valence-corrected chi connectivity index (χ4v) is 5.17. The standard InChI is InChI=1S/C22H18Cl2N2OS2/c1-12(2)14-4-6-15(7-5-14)16-11-28-21-19(16)20(27)25-22(26-21)29-10-13-3-8-17(23)18(24)9-13/h3-9,11-12H,10H2,1-2H3,(H,25,26,27). The topological polar surface area (TPSA) is 45.8 Å². The number of fused-ring (bicyclic) bond motifs is 1. The quantitative estimate of drug-likeness (QED) is 0.249. The molecule has 0 spiro atoms. The van der Waals surface area contributed by atoms with Gasteiger partial charge in [0, 0.05) is 16.7 Å². The third-order valence-electron chi connectivity index (χ3n) is 4.67. The van der Waals surface area contributed by atoms with Crippen molar-refractivity contribution in [2.75, 3.05) is 0 Å². The first-order chi connectivity index (χ1) is 13.9. The molecule has 4 aromatic rings. The van der Waals surface area contributed by atoms with Gasteiger partial charge in [0.2, 0.25) is 0 Å². The van der Waals surface area contributed by atoms with E-state index in [1.54, 1.807) is 6.07 Å². The van der Waals surface area contributed by atoms with E-state index in [-0.39, 0.29) is 5.56 Å². The second-order valence-electron chi connectivity index (χ2n) is 7.01. The van der Waals surface area contributed by atoms with Gasteiger partial charge in [0.1, 0.15) is 4.83 Å². The van der Waals surface area contributed by atoms with E-state index in [9.17, 15) is 4.79 Å². The molecular weight excluding hydrogens is 443 g/mol. The minimum absolute atomic E-state index is 0.115. The first-order valence-corrected chi connectivity index (χ1v) is 11.7. The lowest BCUT2D eigenvalue weighted by atomic mass is 9.99. The molecule has 0 saturated carbocycles. The van der Waals surface area contributed by atoms with Crippen LogP contribution in [0, 0.1) is 0 Å². The van der Waals surface area contributed by atoms with Crippen molar-refractivity contribution in [3.05, 3.63) is 79.4 Å². The van der Waals surface area contributed by atoms with E-state index < -0.39 is 0 Å². The van der Waals surface area contributed by atoms with Crippen molar-refractivity contribution in [1.29, 1.82) is 0 Å². The zero-order valence-electron chi connectivity index (χ0n) is 15.8. The summed E-state index contributed by atoms with van der Waals surface area (Å²) in [5.74, 6) is 1.11. The van der Waals surface area contributed by atoms with Crippen LogP contribution in [-0.4, -0.2) is 9.97 Å². The van der Waals surface area contributed by atoms with Crippen molar-refractivity contribution >= 4 is 56.5 Å². The fraction of sp³-hybridized carbons (Fsp3) is 0.182. The fourth-order valence-electron chi connectivity index (χ4n) is 3.04. The van der Waals surface area contributed by atoms with Gasteiger partial charge in [-0.2, -0.15) is 0 Å². The Morgan fingerprint density at radius 1 is 1.10 bits per heavy atom. The Labute approximate surface area is 187 Å². The minimum Gasteiger partial charge on any atom is -0.301 e. The number of thiophene rings is 1. The Hall–Kier alpha value is -1.79. The molecular formula is C22H18Cl2N2OS2. The number of aromatic amines is 1. The normalized spacial score (nSPS) is 11.5. The Morgan fingerprint density at radius 3 is 2.55 bits per heavy atom. The van der Waals surface area contributed by atoms with Gasteiger partial charge in [-0.1, -0.05) is 79.1 Å². The lowest BCUT2D eigenvalue weighted by molar-refractivity contribution is 0.867. The molecule has 0 bridgehead atoms. The highest BCUT2D eigenvalue weighted by Crippen LogP contribution is 2.33. The summed E-state index contributed by atoms with van der Waals surface area (Å²) in [7, 11) is 0. The molecule has 0 amide bonds. The molecule has 148 valence electrons. The molecule has 0 unspecified atom stereocenters. The molecule has 2 heterocycles. The van der Waals surface area contributed by atoms with Gasteiger partial charge < -0.3 is 4.98 Å². The van der Waals surface area contributed by atoms with Gasteiger partial charge in [-0.05, 0) is 34.7 Å². The zero-order chi connectivity index (χ0) is 20.5. The van der Waals surface area contributed by atoms with Crippen LogP contribution in [0.15, 0.2) is 57.8 Å². The number of nitrogens with one attached hydrogen (secondary N) is 1. The summed E-state index contributed by atoms with van der Waals surface area (Å²) in [6, 6.07) is 13.9. The predicted molar refractivity (Wildman–Crippen MR) is 126 cm³/mol. The largest absolute Gasteiger partial charge is 0.301 e. The molecule has 3 nitrogen and oxygen atoms in total. The number of hydrogen-bond acceptors (Lipinski definition) is 4. The van der Waals surface area contributed by atoms with Gasteiger partial charge in [0.15, 0.2) is 5.16 Å². The number of aromatic nitrogens is 2. The summed E-state index contributed by atoms with van der Waals surface area (Å²) in [6.45, 7) is 4.33. The van der Waals surface area contributed by atoms with Crippen molar-refractivity contribution in [3.8, 4) is 11.1 Å². The summed E-state index contributed by atoms with van der Waals surface area (Å²) >= 11 is 15.0. The van der Waals surface area contributed by atoms with E-state index in [1.807, 2.05) is 17.5 Å². The van der Waals surface area contributed by atoms with E-state index in [1.165, 1.54) is 28.7 Å². The molecule has 0 aliphatic rings. The van der Waals surface area contributed by atoms with Gasteiger partial charge in [0.05, 0.1) is 15.4 Å². The number of nitrogens with zero attached hydrogens (tertiary/aromatic N) is 1. The van der Waals surface area contributed by atoms with Crippen LogP contribution in [0.5, 0.6) is 0 Å². The van der Waals surface area contributed by atoms with Crippen molar-refractivity contribution in [2.24, 2.45) is 0 Å². The van der Waals surface area contributed by atoms with Crippen LogP contribution in [0.25, 0.3) is 21.3 Å². The molecule has 4 rings (SSSR count). The minimum atomic E-state index is -0.115. The monoisotopic (exact) mass is 460 g/mol. The third kappa shape index (κ3) is 4.38. The lowest BCUT2D eigenvalue weighted by Gasteiger charge is -2.06. The van der Waals surface area contributed by atoms with E-state index in [4.69, 9.17) is 23.2 Å². The number of rotatable bonds is 5. The third-order valence-corrected chi connectivity index (χ3v) is 7.23. The van der Waals surface area contributed by atoms with E-state index in [0.717, 1.165) is 21.5 Å². The molecule has 0 aliphatic heterocycles. The average molecular weight is 461 g/mol. The predicted octanol–water partition coefficient (Wildman–Crippen LogP) is 7.37. The molecule has 0 fully saturated rings. The van der Waals surface area contributed by atoms with Crippen molar-refractivity contribution in [1.82, 2.24) is 9.97 Å². The smallest absolute Gasteiger partial charge is 0.260 e. The van der Waals surface area contributed by atoms with Gasteiger partial charge in [-0.25, -0.2) is 4.98 Å². The molecule has 29 heavy (non-hydrogen) atoms. The highest BCUT2D eigenvalue weighted by Gasteiger charge is 2.14. The van der Waals surface area contributed by atoms with Crippen LogP contribution >= 0.6 is 46.3 Å². The van der Waals surface area contributed by atoms with Crippen molar-refractivity contribution in [3.63, 3.8) is 0 Å². The number of hydrogen-bond donors (Lipinski definition) is 1. The second-order valence-corrected chi connectivity index (χ2v) is 9.65. The first kappa shape index (κ1) is 20.5. The van der Waals surface area contributed by atoms with E-state index in [2.05, 4.69) is 48.1 Å². The highest BCUT2D eigenvalue weighted by atomic mass is 35.5. The van der Waals surface area contributed by atoms with E-state index in [0.29, 0.717) is 32.3 Å².